The average molecular weight is 312 g/mol. The molecule has 1 aromatic carbocycles. The number of nitrogens with one attached hydrogen (secondary N) is 1. The molecule has 0 aliphatic carbocycles. The van der Waals surface area contributed by atoms with Crippen molar-refractivity contribution in [1.29, 1.82) is 0 Å². The summed E-state index contributed by atoms with van der Waals surface area (Å²) in [7, 11) is -2.12. The highest BCUT2D eigenvalue weighted by molar-refractivity contribution is 7.89. The van der Waals surface area contributed by atoms with Gasteiger partial charge in [-0.2, -0.15) is 0 Å². The van der Waals surface area contributed by atoms with Gasteiger partial charge in [-0.05, 0) is 50.6 Å². The molecule has 0 spiro atoms. The summed E-state index contributed by atoms with van der Waals surface area (Å²) in [4.78, 5) is 13.7. The predicted octanol–water partition coefficient (Wildman–Crippen LogP) is 1.43. The number of aliphatic carboxylic acids is 1. The van der Waals surface area contributed by atoms with Crippen molar-refractivity contribution in [3.63, 3.8) is 0 Å². The summed E-state index contributed by atoms with van der Waals surface area (Å²) in [6.45, 7) is 2.53. The maximum absolute atomic E-state index is 11.7. The number of carboxylic acids is 1. The van der Waals surface area contributed by atoms with Crippen LogP contribution in [0.2, 0.25) is 0 Å². The van der Waals surface area contributed by atoms with Gasteiger partial charge in [0.05, 0.1) is 4.90 Å². The van der Waals surface area contributed by atoms with Crippen LogP contribution in [0.4, 0.5) is 5.69 Å². The van der Waals surface area contributed by atoms with E-state index in [9.17, 15) is 18.3 Å². The van der Waals surface area contributed by atoms with Gasteiger partial charge in [0.1, 0.15) is 5.54 Å². The Kier molecular flexibility index (Phi) is 4.25. The Balaban J connectivity index is 2.37. The molecule has 1 fully saturated rings. The Morgan fingerprint density at radius 1 is 1.38 bits per heavy atom. The summed E-state index contributed by atoms with van der Waals surface area (Å²) in [5.41, 5.74) is -0.143. The Hall–Kier alpha value is -1.60. The Labute approximate surface area is 124 Å². The second-order valence-corrected chi connectivity index (χ2v) is 7.03. The summed E-state index contributed by atoms with van der Waals surface area (Å²) < 4.78 is 25.7. The minimum absolute atomic E-state index is 0.172. The normalized spacial score (nSPS) is 22.5. The van der Waals surface area contributed by atoms with Gasteiger partial charge in [0.15, 0.2) is 0 Å². The zero-order valence-corrected chi connectivity index (χ0v) is 13.0. The number of anilines is 1. The molecule has 0 bridgehead atoms. The first kappa shape index (κ1) is 15.8. The van der Waals surface area contributed by atoms with Crippen LogP contribution in [-0.4, -0.2) is 38.6 Å². The number of hydrogen-bond donors (Lipinski definition) is 2. The number of rotatable bonds is 5. The minimum atomic E-state index is -3.47. The molecule has 1 saturated heterocycles. The molecule has 1 aliphatic heterocycles. The van der Waals surface area contributed by atoms with E-state index in [1.54, 1.807) is 12.1 Å². The Morgan fingerprint density at radius 2 is 2.00 bits per heavy atom. The van der Waals surface area contributed by atoms with Crippen molar-refractivity contribution < 1.29 is 18.3 Å². The molecule has 0 aromatic heterocycles. The van der Waals surface area contributed by atoms with Crippen molar-refractivity contribution in [3.8, 4) is 0 Å². The topological polar surface area (TPSA) is 86.7 Å². The zero-order valence-electron chi connectivity index (χ0n) is 12.2. The van der Waals surface area contributed by atoms with Crippen LogP contribution >= 0.6 is 0 Å². The van der Waals surface area contributed by atoms with Crippen LogP contribution in [0.5, 0.6) is 0 Å². The third kappa shape index (κ3) is 2.63. The monoisotopic (exact) mass is 312 g/mol. The molecule has 2 rings (SSSR count). The van der Waals surface area contributed by atoms with Crippen molar-refractivity contribution in [2.45, 2.75) is 36.6 Å². The van der Waals surface area contributed by atoms with Gasteiger partial charge in [-0.1, -0.05) is 6.92 Å². The fraction of sp³-hybridized carbons (Fsp3) is 0.500. The molecule has 1 heterocycles. The lowest BCUT2D eigenvalue weighted by Crippen LogP contribution is -2.50. The van der Waals surface area contributed by atoms with Crippen molar-refractivity contribution in [1.82, 2.24) is 4.72 Å². The quantitative estimate of drug-likeness (QED) is 0.859. The summed E-state index contributed by atoms with van der Waals surface area (Å²) in [5.74, 6) is -0.825. The van der Waals surface area contributed by atoms with Gasteiger partial charge in [0.25, 0.3) is 0 Å². The molecule has 0 radical (unpaired) electrons. The molecule has 21 heavy (non-hydrogen) atoms. The third-order valence-electron chi connectivity index (χ3n) is 4.20. The SMILES string of the molecule is CCC1(C(=O)O)CCCN1c1ccc(S(=O)(=O)NC)cc1. The van der Waals surface area contributed by atoms with Crippen LogP contribution in [0, 0.1) is 0 Å². The smallest absolute Gasteiger partial charge is 0.329 e. The molecule has 116 valence electrons. The van der Waals surface area contributed by atoms with Crippen molar-refractivity contribution in [2.75, 3.05) is 18.5 Å². The Bertz CT molecular complexity index is 627. The zero-order chi connectivity index (χ0) is 15.7. The predicted molar refractivity (Wildman–Crippen MR) is 79.9 cm³/mol. The molecular weight excluding hydrogens is 292 g/mol. The molecule has 1 aromatic rings. The highest BCUT2D eigenvalue weighted by atomic mass is 32.2. The van der Waals surface area contributed by atoms with Gasteiger partial charge in [0.2, 0.25) is 10.0 Å². The maximum atomic E-state index is 11.7. The molecule has 6 nitrogen and oxygen atoms in total. The average Bonchev–Trinajstić information content (AvgIpc) is 2.92. The van der Waals surface area contributed by atoms with Crippen LogP contribution in [0.1, 0.15) is 26.2 Å². The van der Waals surface area contributed by atoms with Crippen LogP contribution in [0.25, 0.3) is 0 Å². The second-order valence-electron chi connectivity index (χ2n) is 5.15. The van der Waals surface area contributed by atoms with Crippen LogP contribution in [-0.2, 0) is 14.8 Å². The number of hydrogen-bond acceptors (Lipinski definition) is 4. The molecule has 1 atom stereocenters. The molecule has 0 amide bonds. The fourth-order valence-electron chi connectivity index (χ4n) is 2.92. The number of benzene rings is 1. The first-order chi connectivity index (χ1) is 9.87. The van der Waals surface area contributed by atoms with Crippen LogP contribution in [0.15, 0.2) is 29.2 Å². The lowest BCUT2D eigenvalue weighted by atomic mass is 9.92. The van der Waals surface area contributed by atoms with Gasteiger partial charge < -0.3 is 10.0 Å². The summed E-state index contributed by atoms with van der Waals surface area (Å²) >= 11 is 0. The van der Waals surface area contributed by atoms with E-state index in [2.05, 4.69) is 4.72 Å². The highest BCUT2D eigenvalue weighted by Crippen LogP contribution is 2.37. The molecule has 2 N–H and O–H groups in total. The Morgan fingerprint density at radius 3 is 2.48 bits per heavy atom. The maximum Gasteiger partial charge on any atom is 0.329 e. The summed E-state index contributed by atoms with van der Waals surface area (Å²) in [5, 5.41) is 9.57. The molecule has 1 unspecified atom stereocenters. The van der Waals surface area contributed by atoms with Gasteiger partial charge in [-0.3, -0.25) is 0 Å². The first-order valence-corrected chi connectivity index (χ1v) is 8.40. The molecule has 0 saturated carbocycles. The molecule has 1 aliphatic rings. The van der Waals surface area contributed by atoms with E-state index in [1.165, 1.54) is 19.2 Å². The van der Waals surface area contributed by atoms with Crippen molar-refractivity contribution >= 4 is 21.7 Å². The second kappa shape index (κ2) is 5.65. The van der Waals surface area contributed by atoms with Gasteiger partial charge >= 0.3 is 5.97 Å². The van der Waals surface area contributed by atoms with Gasteiger partial charge in [0, 0.05) is 12.2 Å². The largest absolute Gasteiger partial charge is 0.479 e. The standard InChI is InChI=1S/C14H20N2O4S/c1-3-14(13(17)18)9-4-10-16(14)11-5-7-12(8-6-11)21(19,20)15-2/h5-8,15H,3-4,9-10H2,1-2H3,(H,17,18). The van der Waals surface area contributed by atoms with E-state index >= 15 is 0 Å². The van der Waals surface area contributed by atoms with Crippen LogP contribution < -0.4 is 9.62 Å². The number of sulfonamides is 1. The third-order valence-corrected chi connectivity index (χ3v) is 5.63. The lowest BCUT2D eigenvalue weighted by Gasteiger charge is -2.35. The lowest BCUT2D eigenvalue weighted by molar-refractivity contribution is -0.143. The van der Waals surface area contributed by atoms with Crippen molar-refractivity contribution in [3.05, 3.63) is 24.3 Å². The summed E-state index contributed by atoms with van der Waals surface area (Å²) in [6.07, 6.45) is 1.94. The van der Waals surface area contributed by atoms with E-state index in [0.717, 1.165) is 12.1 Å². The van der Waals surface area contributed by atoms with E-state index in [0.29, 0.717) is 19.4 Å². The minimum Gasteiger partial charge on any atom is -0.479 e. The number of carboxylic acid groups (broad SMARTS) is 1. The van der Waals surface area contributed by atoms with Gasteiger partial charge in [-0.25, -0.2) is 17.9 Å². The van der Waals surface area contributed by atoms with E-state index in [1.807, 2.05) is 11.8 Å². The van der Waals surface area contributed by atoms with E-state index < -0.39 is 21.5 Å². The van der Waals surface area contributed by atoms with Gasteiger partial charge in [-0.15, -0.1) is 0 Å². The highest BCUT2D eigenvalue weighted by Gasteiger charge is 2.46. The molecular formula is C14H20N2O4S. The number of nitrogens with zero attached hydrogens (tertiary/aromatic N) is 1. The summed E-state index contributed by atoms with van der Waals surface area (Å²) in [6, 6.07) is 6.34. The van der Waals surface area contributed by atoms with Crippen LogP contribution in [0.3, 0.4) is 0 Å². The van der Waals surface area contributed by atoms with E-state index in [-0.39, 0.29) is 4.90 Å². The first-order valence-electron chi connectivity index (χ1n) is 6.92. The number of carbonyl (C=O) groups is 1. The van der Waals surface area contributed by atoms with E-state index in [4.69, 9.17) is 0 Å². The fourth-order valence-corrected chi connectivity index (χ4v) is 3.65. The van der Waals surface area contributed by atoms with Crippen molar-refractivity contribution in [2.24, 2.45) is 0 Å². The molecule has 7 heteroatoms.